The summed E-state index contributed by atoms with van der Waals surface area (Å²) in [7, 11) is -3.32. The van der Waals surface area contributed by atoms with E-state index in [1.807, 2.05) is 19.9 Å². The van der Waals surface area contributed by atoms with Gasteiger partial charge in [-0.05, 0) is 37.0 Å². The van der Waals surface area contributed by atoms with Gasteiger partial charge in [0.1, 0.15) is 0 Å². The molecule has 0 saturated heterocycles. The summed E-state index contributed by atoms with van der Waals surface area (Å²) in [6, 6.07) is 6.85. The lowest BCUT2D eigenvalue weighted by Crippen LogP contribution is -2.31. The molecule has 6 heteroatoms. The molecule has 0 aliphatic carbocycles. The molecule has 1 aromatic carbocycles. The van der Waals surface area contributed by atoms with Gasteiger partial charge in [0.15, 0.2) is 0 Å². The molecule has 2 unspecified atom stereocenters. The van der Waals surface area contributed by atoms with Crippen molar-refractivity contribution in [1.82, 2.24) is 4.72 Å². The van der Waals surface area contributed by atoms with E-state index in [4.69, 9.17) is 0 Å². The predicted molar refractivity (Wildman–Crippen MR) is 90.2 cm³/mol. The lowest BCUT2D eigenvalue weighted by molar-refractivity contribution is -0.114. The summed E-state index contributed by atoms with van der Waals surface area (Å²) in [6.07, 6.45) is 1.87. The van der Waals surface area contributed by atoms with Gasteiger partial charge in [0, 0.05) is 18.7 Å². The van der Waals surface area contributed by atoms with Crippen LogP contribution in [-0.2, 0) is 14.8 Å². The Morgan fingerprint density at radius 3 is 2.55 bits per heavy atom. The molecule has 2 atom stereocenters. The minimum absolute atomic E-state index is 0.135. The zero-order valence-electron chi connectivity index (χ0n) is 13.7. The number of benzene rings is 1. The fourth-order valence-electron chi connectivity index (χ4n) is 2.43. The molecule has 0 aliphatic heterocycles. The molecule has 0 aromatic heterocycles. The number of anilines is 1. The fraction of sp³-hybridized carbons (Fsp3) is 0.562. The highest BCUT2D eigenvalue weighted by Crippen LogP contribution is 2.19. The van der Waals surface area contributed by atoms with Gasteiger partial charge in [-0.25, -0.2) is 13.1 Å². The SMILES string of the molecule is CCCC(C)CS(=O)(=O)NC(C)c1cccc(NC(C)=O)c1. The highest BCUT2D eigenvalue weighted by molar-refractivity contribution is 7.89. The van der Waals surface area contributed by atoms with Gasteiger partial charge >= 0.3 is 0 Å². The van der Waals surface area contributed by atoms with E-state index in [0.29, 0.717) is 5.69 Å². The van der Waals surface area contributed by atoms with E-state index < -0.39 is 10.0 Å². The second-order valence-electron chi connectivity index (χ2n) is 5.82. The number of hydrogen-bond donors (Lipinski definition) is 2. The van der Waals surface area contributed by atoms with Gasteiger partial charge in [0.2, 0.25) is 15.9 Å². The van der Waals surface area contributed by atoms with Crippen molar-refractivity contribution in [3.8, 4) is 0 Å². The maximum atomic E-state index is 12.2. The van der Waals surface area contributed by atoms with Gasteiger partial charge in [-0.2, -0.15) is 0 Å². The molecule has 0 heterocycles. The number of nitrogens with one attached hydrogen (secondary N) is 2. The van der Waals surface area contributed by atoms with Crippen molar-refractivity contribution in [2.45, 2.75) is 46.6 Å². The second-order valence-corrected chi connectivity index (χ2v) is 7.62. The van der Waals surface area contributed by atoms with Crippen LogP contribution in [0.1, 0.15) is 52.1 Å². The number of carbonyl (C=O) groups is 1. The van der Waals surface area contributed by atoms with Crippen LogP contribution in [0, 0.1) is 5.92 Å². The maximum absolute atomic E-state index is 12.2. The third-order valence-electron chi connectivity index (χ3n) is 3.35. The number of sulfonamides is 1. The predicted octanol–water partition coefficient (Wildman–Crippen LogP) is 3.06. The first kappa shape index (κ1) is 18.6. The van der Waals surface area contributed by atoms with E-state index >= 15 is 0 Å². The van der Waals surface area contributed by atoms with E-state index in [0.717, 1.165) is 18.4 Å². The van der Waals surface area contributed by atoms with Gasteiger partial charge in [-0.1, -0.05) is 32.4 Å². The standard InChI is InChI=1S/C16H26N2O3S/c1-5-7-12(2)11-22(20,21)18-13(3)15-8-6-9-16(10-15)17-14(4)19/h6,8-10,12-13,18H,5,7,11H2,1-4H3,(H,17,19). The number of carbonyl (C=O) groups excluding carboxylic acids is 1. The molecule has 0 radical (unpaired) electrons. The van der Waals surface area contributed by atoms with Crippen molar-refractivity contribution >= 4 is 21.6 Å². The molecule has 0 spiro atoms. The normalized spacial score (nSPS) is 14.4. The Labute approximate surface area is 133 Å². The van der Waals surface area contributed by atoms with Gasteiger partial charge in [0.05, 0.1) is 5.75 Å². The van der Waals surface area contributed by atoms with Crippen LogP contribution < -0.4 is 10.0 Å². The first-order chi connectivity index (χ1) is 10.2. The molecule has 5 nitrogen and oxygen atoms in total. The summed E-state index contributed by atoms with van der Waals surface area (Å²) in [5.74, 6) is 0.121. The second kappa shape index (κ2) is 8.29. The van der Waals surface area contributed by atoms with Crippen LogP contribution in [0.4, 0.5) is 5.69 Å². The third-order valence-corrected chi connectivity index (χ3v) is 5.07. The fourth-order valence-corrected chi connectivity index (χ4v) is 4.11. The van der Waals surface area contributed by atoms with Gasteiger partial charge in [0.25, 0.3) is 0 Å². The molecule has 1 amide bonds. The minimum Gasteiger partial charge on any atom is -0.326 e. The van der Waals surface area contributed by atoms with E-state index in [-0.39, 0.29) is 23.6 Å². The lowest BCUT2D eigenvalue weighted by Gasteiger charge is -2.17. The summed E-state index contributed by atoms with van der Waals surface area (Å²) >= 11 is 0. The smallest absolute Gasteiger partial charge is 0.221 e. The summed E-state index contributed by atoms with van der Waals surface area (Å²) in [5, 5.41) is 2.70. The van der Waals surface area contributed by atoms with Crippen molar-refractivity contribution in [3.63, 3.8) is 0 Å². The van der Waals surface area contributed by atoms with Crippen LogP contribution in [0.5, 0.6) is 0 Å². The highest BCUT2D eigenvalue weighted by atomic mass is 32.2. The maximum Gasteiger partial charge on any atom is 0.221 e. The van der Waals surface area contributed by atoms with E-state index in [1.54, 1.807) is 25.1 Å². The van der Waals surface area contributed by atoms with Gasteiger partial charge in [-0.3, -0.25) is 4.79 Å². The molecule has 1 rings (SSSR count). The van der Waals surface area contributed by atoms with Gasteiger partial charge in [-0.15, -0.1) is 0 Å². The van der Waals surface area contributed by atoms with Gasteiger partial charge < -0.3 is 5.32 Å². The number of amides is 1. The summed E-state index contributed by atoms with van der Waals surface area (Å²) in [6.45, 7) is 7.24. The van der Waals surface area contributed by atoms with Crippen molar-refractivity contribution < 1.29 is 13.2 Å². The Hall–Kier alpha value is -1.40. The number of rotatable bonds is 8. The van der Waals surface area contributed by atoms with Crippen molar-refractivity contribution in [2.24, 2.45) is 5.92 Å². The first-order valence-electron chi connectivity index (χ1n) is 7.61. The Morgan fingerprint density at radius 1 is 1.27 bits per heavy atom. The molecule has 124 valence electrons. The molecular weight excluding hydrogens is 300 g/mol. The van der Waals surface area contributed by atoms with Crippen LogP contribution in [0.15, 0.2) is 24.3 Å². The van der Waals surface area contributed by atoms with Crippen LogP contribution in [0.25, 0.3) is 0 Å². The Balaban J connectivity index is 2.75. The van der Waals surface area contributed by atoms with Crippen molar-refractivity contribution in [2.75, 3.05) is 11.1 Å². The van der Waals surface area contributed by atoms with Crippen LogP contribution >= 0.6 is 0 Å². The van der Waals surface area contributed by atoms with Crippen LogP contribution in [0.2, 0.25) is 0 Å². The summed E-state index contributed by atoms with van der Waals surface area (Å²) in [4.78, 5) is 11.1. The van der Waals surface area contributed by atoms with E-state index in [1.165, 1.54) is 6.92 Å². The van der Waals surface area contributed by atoms with E-state index in [9.17, 15) is 13.2 Å². The monoisotopic (exact) mass is 326 g/mol. The lowest BCUT2D eigenvalue weighted by atomic mass is 10.1. The molecule has 0 bridgehead atoms. The number of hydrogen-bond acceptors (Lipinski definition) is 3. The molecule has 2 N–H and O–H groups in total. The Morgan fingerprint density at radius 2 is 1.95 bits per heavy atom. The largest absolute Gasteiger partial charge is 0.326 e. The topological polar surface area (TPSA) is 75.3 Å². The molecular formula is C16H26N2O3S. The minimum atomic E-state index is -3.32. The van der Waals surface area contributed by atoms with Crippen LogP contribution in [0.3, 0.4) is 0 Å². The highest BCUT2D eigenvalue weighted by Gasteiger charge is 2.19. The zero-order valence-corrected chi connectivity index (χ0v) is 14.5. The van der Waals surface area contributed by atoms with Crippen LogP contribution in [-0.4, -0.2) is 20.1 Å². The summed E-state index contributed by atoms with van der Waals surface area (Å²) in [5.41, 5.74) is 1.48. The molecule has 0 fully saturated rings. The summed E-state index contributed by atoms with van der Waals surface area (Å²) < 4.78 is 27.1. The Bertz CT molecular complexity index is 599. The average Bonchev–Trinajstić information content (AvgIpc) is 2.37. The van der Waals surface area contributed by atoms with Crippen molar-refractivity contribution in [1.29, 1.82) is 0 Å². The quantitative estimate of drug-likeness (QED) is 0.771. The van der Waals surface area contributed by atoms with E-state index in [2.05, 4.69) is 10.0 Å². The molecule has 0 aliphatic rings. The molecule has 0 saturated carbocycles. The van der Waals surface area contributed by atoms with Crippen molar-refractivity contribution in [3.05, 3.63) is 29.8 Å². The first-order valence-corrected chi connectivity index (χ1v) is 9.26. The third kappa shape index (κ3) is 6.58. The molecule has 1 aromatic rings. The molecule has 22 heavy (non-hydrogen) atoms. The zero-order chi connectivity index (χ0) is 16.8. The Kier molecular flexibility index (Phi) is 7.03. The average molecular weight is 326 g/mol.